The van der Waals surface area contributed by atoms with Crippen molar-refractivity contribution < 1.29 is 24.5 Å². The first-order valence-corrected chi connectivity index (χ1v) is 11.5. The summed E-state index contributed by atoms with van der Waals surface area (Å²) in [7, 11) is 1.70. The molecule has 8 nitrogen and oxygen atoms in total. The number of nitrogens with zero attached hydrogens (tertiary/aromatic N) is 2. The summed E-state index contributed by atoms with van der Waals surface area (Å²) >= 11 is 0. The zero-order chi connectivity index (χ0) is 22.8. The quantitative estimate of drug-likeness (QED) is 0.400. The number of pyridine rings is 1. The van der Waals surface area contributed by atoms with Gasteiger partial charge in [0.05, 0.1) is 25.8 Å². The molecule has 32 heavy (non-hydrogen) atoms. The largest absolute Gasteiger partial charge is 0.493 e. The average Bonchev–Trinajstić information content (AvgIpc) is 3.34. The third kappa shape index (κ3) is 6.01. The van der Waals surface area contributed by atoms with Gasteiger partial charge < -0.3 is 29.9 Å². The molecule has 2 aromatic rings. The first-order chi connectivity index (χ1) is 15.7. The monoisotopic (exact) mass is 445 g/mol. The number of aliphatic hydroxyl groups is 1. The summed E-state index contributed by atoms with van der Waals surface area (Å²) in [6.07, 6.45) is 8.13. The minimum absolute atomic E-state index is 0.0997. The molecule has 0 bridgehead atoms. The predicted molar refractivity (Wildman–Crippen MR) is 125 cm³/mol. The number of fused-ring (bicyclic) bond motifs is 3. The van der Waals surface area contributed by atoms with E-state index >= 15 is 0 Å². The van der Waals surface area contributed by atoms with E-state index in [4.69, 9.17) is 24.4 Å². The van der Waals surface area contributed by atoms with Gasteiger partial charge in [0.2, 0.25) is 0 Å². The van der Waals surface area contributed by atoms with E-state index < -0.39 is 0 Å². The molecule has 1 aliphatic heterocycles. The van der Waals surface area contributed by atoms with E-state index in [1.165, 1.54) is 49.9 Å². The van der Waals surface area contributed by atoms with Gasteiger partial charge in [0.25, 0.3) is 6.47 Å². The molecular formula is C24H35N3O5. The van der Waals surface area contributed by atoms with Gasteiger partial charge in [0, 0.05) is 24.5 Å². The van der Waals surface area contributed by atoms with Crippen molar-refractivity contribution in [1.82, 2.24) is 9.88 Å². The number of aryl methyl sites for hydroxylation is 1. The van der Waals surface area contributed by atoms with Crippen molar-refractivity contribution in [2.24, 2.45) is 0 Å². The van der Waals surface area contributed by atoms with Crippen LogP contribution in [0, 0.1) is 0 Å². The van der Waals surface area contributed by atoms with Gasteiger partial charge in [0.1, 0.15) is 5.82 Å². The number of hydrogen-bond donors (Lipinski definition) is 3. The number of methoxy groups -OCH3 is 1. The lowest BCUT2D eigenvalue weighted by Crippen LogP contribution is -2.22. The molecule has 1 saturated heterocycles. The summed E-state index contributed by atoms with van der Waals surface area (Å²) < 4.78 is 11.8. The Balaban J connectivity index is 0.000000913. The molecule has 3 N–H and O–H groups in total. The molecule has 1 aliphatic carbocycles. The van der Waals surface area contributed by atoms with Gasteiger partial charge in [0.15, 0.2) is 11.5 Å². The topological polar surface area (TPSA) is 104 Å². The second kappa shape index (κ2) is 12.5. The maximum Gasteiger partial charge on any atom is 0.290 e. The Bertz CT molecular complexity index is 884. The number of benzene rings is 1. The minimum Gasteiger partial charge on any atom is -0.493 e. The molecule has 0 spiro atoms. The number of aliphatic hydroxyl groups excluding tert-OH is 1. The van der Waals surface area contributed by atoms with Crippen LogP contribution in [-0.4, -0.2) is 73.1 Å². The highest BCUT2D eigenvalue weighted by atomic mass is 16.5. The van der Waals surface area contributed by atoms with Crippen molar-refractivity contribution >= 4 is 23.2 Å². The summed E-state index contributed by atoms with van der Waals surface area (Å²) in [4.78, 5) is 15.8. The predicted octanol–water partition coefficient (Wildman–Crippen LogP) is 3.09. The van der Waals surface area contributed by atoms with Crippen LogP contribution in [0.4, 0.5) is 5.82 Å². The lowest BCUT2D eigenvalue weighted by molar-refractivity contribution is -0.122. The van der Waals surface area contributed by atoms with E-state index in [0.717, 1.165) is 54.0 Å². The van der Waals surface area contributed by atoms with Crippen LogP contribution in [-0.2, 0) is 17.6 Å². The van der Waals surface area contributed by atoms with Gasteiger partial charge in [-0.2, -0.15) is 0 Å². The van der Waals surface area contributed by atoms with Crippen LogP contribution in [0.25, 0.3) is 10.9 Å². The van der Waals surface area contributed by atoms with Crippen molar-refractivity contribution in [3.63, 3.8) is 0 Å². The highest BCUT2D eigenvalue weighted by Gasteiger charge is 2.20. The average molecular weight is 446 g/mol. The van der Waals surface area contributed by atoms with E-state index in [2.05, 4.69) is 16.3 Å². The molecule has 0 unspecified atom stereocenters. The third-order valence-electron chi connectivity index (χ3n) is 6.07. The Hall–Kier alpha value is -2.58. The van der Waals surface area contributed by atoms with Crippen molar-refractivity contribution in [2.45, 2.75) is 44.9 Å². The molecule has 4 rings (SSSR count). The van der Waals surface area contributed by atoms with Crippen molar-refractivity contribution in [1.29, 1.82) is 0 Å². The number of carbonyl (C=O) groups is 1. The van der Waals surface area contributed by atoms with Gasteiger partial charge in [-0.1, -0.05) is 0 Å². The molecule has 0 amide bonds. The Morgan fingerprint density at radius 3 is 2.53 bits per heavy atom. The molecule has 176 valence electrons. The zero-order valence-corrected chi connectivity index (χ0v) is 18.9. The molecule has 1 fully saturated rings. The molecule has 2 heterocycles. The van der Waals surface area contributed by atoms with Gasteiger partial charge in [-0.05, 0) is 75.2 Å². The van der Waals surface area contributed by atoms with Crippen LogP contribution in [0.1, 0.15) is 43.2 Å². The minimum atomic E-state index is -0.250. The first-order valence-electron chi connectivity index (χ1n) is 11.5. The summed E-state index contributed by atoms with van der Waals surface area (Å²) in [5.74, 6) is 2.45. The fourth-order valence-corrected chi connectivity index (χ4v) is 4.60. The van der Waals surface area contributed by atoms with Gasteiger partial charge in [-0.15, -0.1) is 0 Å². The molecule has 0 saturated carbocycles. The van der Waals surface area contributed by atoms with Crippen LogP contribution in [0.3, 0.4) is 0 Å². The van der Waals surface area contributed by atoms with Crippen LogP contribution < -0.4 is 14.8 Å². The summed E-state index contributed by atoms with van der Waals surface area (Å²) in [5.41, 5.74) is 3.58. The number of rotatable bonds is 9. The van der Waals surface area contributed by atoms with E-state index in [-0.39, 0.29) is 13.1 Å². The fraction of sp³-hybridized carbons (Fsp3) is 0.583. The number of aromatic nitrogens is 1. The molecule has 0 atom stereocenters. The number of nitrogens with one attached hydrogen (secondary N) is 1. The maximum absolute atomic E-state index is 9.23. The Morgan fingerprint density at radius 2 is 1.84 bits per heavy atom. The van der Waals surface area contributed by atoms with Crippen molar-refractivity contribution in [3.05, 3.63) is 23.3 Å². The lowest BCUT2D eigenvalue weighted by atomic mass is 9.89. The molecule has 1 aromatic heterocycles. The Kier molecular flexibility index (Phi) is 9.37. The van der Waals surface area contributed by atoms with Gasteiger partial charge >= 0.3 is 0 Å². The van der Waals surface area contributed by atoms with Gasteiger partial charge in [-0.25, -0.2) is 4.98 Å². The van der Waals surface area contributed by atoms with E-state index in [0.29, 0.717) is 13.2 Å². The summed E-state index contributed by atoms with van der Waals surface area (Å²) in [6.45, 7) is 4.58. The third-order valence-corrected chi connectivity index (χ3v) is 6.07. The highest BCUT2D eigenvalue weighted by Crippen LogP contribution is 2.38. The van der Waals surface area contributed by atoms with Crippen LogP contribution in [0.15, 0.2) is 12.1 Å². The van der Waals surface area contributed by atoms with Crippen molar-refractivity contribution in [3.8, 4) is 11.5 Å². The molecular weight excluding hydrogens is 410 g/mol. The summed E-state index contributed by atoms with van der Waals surface area (Å²) in [6, 6.07) is 4.11. The normalized spacial score (nSPS) is 15.6. The molecule has 0 radical (unpaired) electrons. The Labute approximate surface area is 189 Å². The fourth-order valence-electron chi connectivity index (χ4n) is 4.60. The number of anilines is 1. The summed E-state index contributed by atoms with van der Waals surface area (Å²) in [5, 5.41) is 20.6. The SMILES string of the molecule is COc1cc2c3c(c(NCCO)nc2cc1OCCCN1CCCC1)CCCC3.O=CO. The molecule has 2 aliphatic rings. The second-order valence-corrected chi connectivity index (χ2v) is 8.15. The number of likely N-dealkylation sites (tertiary alicyclic amines) is 1. The van der Waals surface area contributed by atoms with Crippen LogP contribution in [0.5, 0.6) is 11.5 Å². The van der Waals surface area contributed by atoms with E-state index in [9.17, 15) is 5.11 Å². The molecule has 1 aromatic carbocycles. The first kappa shape index (κ1) is 24.1. The van der Waals surface area contributed by atoms with Crippen molar-refractivity contribution in [2.75, 3.05) is 51.8 Å². The number of ether oxygens (including phenoxy) is 2. The zero-order valence-electron chi connectivity index (χ0n) is 18.9. The van der Waals surface area contributed by atoms with E-state index in [1.54, 1.807) is 7.11 Å². The lowest BCUT2D eigenvalue weighted by Gasteiger charge is -2.22. The number of hydrogen-bond acceptors (Lipinski definition) is 7. The smallest absolute Gasteiger partial charge is 0.290 e. The van der Waals surface area contributed by atoms with Crippen LogP contribution in [0.2, 0.25) is 0 Å². The standard InChI is InChI=1S/C23H33N3O3.CH2O2/c1-28-21-15-19-17-7-2-3-8-18(17)23(24-9-13-27)25-20(19)16-22(21)29-14-6-12-26-10-4-5-11-26;2-1-3/h15-16,27H,2-14H2,1H3,(H,24,25);1H,(H,2,3). The Morgan fingerprint density at radius 1 is 1.12 bits per heavy atom. The maximum atomic E-state index is 9.23. The van der Waals surface area contributed by atoms with Gasteiger partial charge in [-0.3, -0.25) is 4.79 Å². The second-order valence-electron chi connectivity index (χ2n) is 8.15. The number of carboxylic acid groups (broad SMARTS) is 1. The van der Waals surface area contributed by atoms with Crippen LogP contribution >= 0.6 is 0 Å². The van der Waals surface area contributed by atoms with E-state index in [1.807, 2.05) is 6.07 Å². The highest BCUT2D eigenvalue weighted by molar-refractivity contribution is 5.89. The molecule has 8 heteroatoms.